The van der Waals surface area contributed by atoms with E-state index in [0.29, 0.717) is 14.6 Å². The first-order chi connectivity index (χ1) is 17.0. The van der Waals surface area contributed by atoms with Crippen molar-refractivity contribution in [1.82, 2.24) is 0 Å². The van der Waals surface area contributed by atoms with Crippen LogP contribution >= 0.6 is 23.1 Å². The third kappa shape index (κ3) is 7.66. The summed E-state index contributed by atoms with van der Waals surface area (Å²) in [5, 5.41) is 7.55. The van der Waals surface area contributed by atoms with Gasteiger partial charge >= 0.3 is 12.4 Å². The minimum absolute atomic E-state index is 0.00773. The summed E-state index contributed by atoms with van der Waals surface area (Å²) in [5.41, 5.74) is 5.56. The third-order valence-corrected chi connectivity index (χ3v) is 8.74. The number of halogens is 6. The van der Waals surface area contributed by atoms with Gasteiger partial charge in [0, 0.05) is 5.56 Å². The molecule has 0 saturated heterocycles. The molecule has 0 aliphatic carbocycles. The maximum absolute atomic E-state index is 13.2. The predicted molar refractivity (Wildman–Crippen MR) is 127 cm³/mol. The zero-order chi connectivity index (χ0) is 28.2. The maximum atomic E-state index is 13.2. The Morgan fingerprint density at radius 2 is 1.54 bits per heavy atom. The normalized spacial score (nSPS) is 11.9. The van der Waals surface area contributed by atoms with Crippen molar-refractivity contribution in [3.8, 4) is 11.1 Å². The Kier molecular flexibility index (Phi) is 9.32. The number of hydrogen-bond donors (Lipinski definition) is 2. The quantitative estimate of drug-likeness (QED) is 0.0955. The van der Waals surface area contributed by atoms with Crippen molar-refractivity contribution in [2.75, 3.05) is 6.26 Å². The second-order valence-corrected chi connectivity index (χ2v) is 11.0. The first-order valence-corrected chi connectivity index (χ1v) is 13.2. The van der Waals surface area contributed by atoms with E-state index in [1.807, 2.05) is 0 Å². The number of hydrogen-bond acceptors (Lipinski definition) is 7. The number of carbonyl (C=O) groups is 2. The van der Waals surface area contributed by atoms with Crippen molar-refractivity contribution >= 4 is 50.8 Å². The molecule has 0 amide bonds. The lowest BCUT2D eigenvalue weighted by atomic mass is 10.0. The highest BCUT2D eigenvalue weighted by Gasteiger charge is 2.39. The van der Waals surface area contributed by atoms with Gasteiger partial charge in [0.1, 0.15) is 5.84 Å². The number of ketones is 1. The van der Waals surface area contributed by atoms with Crippen molar-refractivity contribution in [2.24, 2.45) is 5.73 Å². The summed E-state index contributed by atoms with van der Waals surface area (Å²) in [5.74, 6) is -2.22. The maximum Gasteiger partial charge on any atom is 0.454 e. The molecule has 0 spiro atoms. The van der Waals surface area contributed by atoms with E-state index in [0.717, 1.165) is 23.5 Å². The Hall–Kier alpha value is -3.17. The second-order valence-electron chi connectivity index (χ2n) is 6.98. The van der Waals surface area contributed by atoms with Crippen LogP contribution in [0.25, 0.3) is 11.1 Å². The van der Waals surface area contributed by atoms with Crippen LogP contribution in [0.2, 0.25) is 0 Å². The largest absolute Gasteiger partial charge is 0.454 e. The second kappa shape index (κ2) is 11.5. The van der Waals surface area contributed by atoms with E-state index in [4.69, 9.17) is 15.9 Å². The average molecular weight is 583 g/mol. The van der Waals surface area contributed by atoms with E-state index in [-0.39, 0.29) is 21.2 Å². The fourth-order valence-electron chi connectivity index (χ4n) is 2.79. The van der Waals surface area contributed by atoms with Crippen LogP contribution in [-0.4, -0.2) is 44.9 Å². The number of benzene rings is 2. The van der Waals surface area contributed by atoms with E-state index in [2.05, 4.69) is 0 Å². The smallest absolute Gasteiger partial charge is 0.383 e. The number of sulfone groups is 1. The summed E-state index contributed by atoms with van der Waals surface area (Å²) in [7, 11) is -3.98. The molecule has 198 valence electrons. The lowest BCUT2D eigenvalue weighted by molar-refractivity contribution is -0.156. The molecule has 0 bridgehead atoms. The predicted octanol–water partition coefficient (Wildman–Crippen LogP) is 5.75. The zero-order valence-corrected chi connectivity index (χ0v) is 20.9. The first kappa shape index (κ1) is 30.1. The molecular weight excluding hydrogens is 566 g/mol. The Morgan fingerprint density at radius 1 is 1.00 bits per heavy atom. The Bertz CT molecular complexity index is 1430. The highest BCUT2D eigenvalue weighted by atomic mass is 32.2. The number of aldehydes is 1. The van der Waals surface area contributed by atoms with Gasteiger partial charge in [-0.25, -0.2) is 8.42 Å². The number of thioether (sulfide) groups is 1. The standard InChI is InChI=1S/C20H15F3N2O3S3.C2HF3O/c1-29-19-16(10-15(30-19)18(24)25)31(27,28)14-7-3-5-12(9-14)11-4-2-6-13(8-11)17(26)20(21,22)23;3-2(4,5)1-6/h2-10H,1H3,(H3,24,25);1H. The molecule has 0 fully saturated rings. The van der Waals surface area contributed by atoms with Crippen molar-refractivity contribution in [3.63, 3.8) is 0 Å². The Morgan fingerprint density at radius 3 is 2.03 bits per heavy atom. The van der Waals surface area contributed by atoms with Crippen LogP contribution in [0.1, 0.15) is 15.2 Å². The van der Waals surface area contributed by atoms with E-state index in [1.165, 1.54) is 48.2 Å². The van der Waals surface area contributed by atoms with Crippen LogP contribution < -0.4 is 5.73 Å². The number of alkyl halides is 6. The van der Waals surface area contributed by atoms with Gasteiger partial charge in [0.25, 0.3) is 5.78 Å². The number of amidine groups is 1. The van der Waals surface area contributed by atoms with E-state index < -0.39 is 39.8 Å². The molecule has 6 nitrogen and oxygen atoms in total. The van der Waals surface area contributed by atoms with Crippen molar-refractivity contribution in [1.29, 1.82) is 5.41 Å². The molecule has 2 aromatic carbocycles. The van der Waals surface area contributed by atoms with Crippen molar-refractivity contribution < 1.29 is 44.3 Å². The summed E-state index contributed by atoms with van der Waals surface area (Å²) >= 11 is 2.29. The SMILES string of the molecule is CSc1sc(C(=N)N)cc1S(=O)(=O)c1cccc(-c2cccc(C(=O)C(F)(F)F)c2)c1.O=CC(F)(F)F. The molecule has 0 aliphatic heterocycles. The molecule has 0 aliphatic rings. The first-order valence-electron chi connectivity index (χ1n) is 9.63. The van der Waals surface area contributed by atoms with Crippen molar-refractivity contribution in [2.45, 2.75) is 26.4 Å². The van der Waals surface area contributed by atoms with Crippen LogP contribution in [0.3, 0.4) is 0 Å². The van der Waals surface area contributed by atoms with Crippen LogP contribution in [0.4, 0.5) is 26.3 Å². The molecule has 0 atom stereocenters. The van der Waals surface area contributed by atoms with Gasteiger partial charge in [0.15, 0.2) is 0 Å². The molecule has 15 heteroatoms. The lowest BCUT2D eigenvalue weighted by Gasteiger charge is -2.09. The molecule has 3 N–H and O–H groups in total. The lowest BCUT2D eigenvalue weighted by Crippen LogP contribution is -2.22. The monoisotopic (exact) mass is 582 g/mol. The molecule has 1 heterocycles. The highest BCUT2D eigenvalue weighted by molar-refractivity contribution is 8.01. The van der Waals surface area contributed by atoms with Gasteiger partial charge in [-0.2, -0.15) is 26.3 Å². The number of nitrogens with one attached hydrogen (secondary N) is 1. The summed E-state index contributed by atoms with van der Waals surface area (Å²) in [6.45, 7) is 0. The minimum Gasteiger partial charge on any atom is -0.383 e. The summed E-state index contributed by atoms with van der Waals surface area (Å²) < 4.78 is 96.4. The van der Waals surface area contributed by atoms with Gasteiger partial charge in [-0.3, -0.25) is 15.0 Å². The van der Waals surface area contributed by atoms with Gasteiger partial charge < -0.3 is 5.73 Å². The van der Waals surface area contributed by atoms with Gasteiger partial charge in [-0.15, -0.1) is 23.1 Å². The fraction of sp³-hybridized carbons (Fsp3) is 0.136. The number of nitrogens with two attached hydrogens (primary N) is 1. The van der Waals surface area contributed by atoms with E-state index >= 15 is 0 Å². The van der Waals surface area contributed by atoms with E-state index in [1.54, 1.807) is 12.3 Å². The highest BCUT2D eigenvalue weighted by Crippen LogP contribution is 2.37. The van der Waals surface area contributed by atoms with Crippen molar-refractivity contribution in [3.05, 3.63) is 65.0 Å². The minimum atomic E-state index is -5.01. The molecule has 1 aromatic heterocycles. The van der Waals surface area contributed by atoms with Gasteiger partial charge in [0.2, 0.25) is 16.1 Å². The molecule has 0 saturated carbocycles. The fourth-order valence-corrected chi connectivity index (χ4v) is 6.70. The molecular formula is C22H16F6N2O4S3. The third-order valence-electron chi connectivity index (χ3n) is 4.40. The van der Waals surface area contributed by atoms with Crippen LogP contribution in [0.5, 0.6) is 0 Å². The van der Waals surface area contributed by atoms with Gasteiger partial charge in [-0.05, 0) is 41.6 Å². The average Bonchev–Trinajstić information content (AvgIpc) is 3.29. The molecule has 0 radical (unpaired) electrons. The molecule has 3 rings (SSSR count). The molecule has 0 unspecified atom stereocenters. The Balaban J connectivity index is 0.000000717. The van der Waals surface area contributed by atoms with Crippen LogP contribution in [0.15, 0.2) is 68.6 Å². The summed E-state index contributed by atoms with van der Waals surface area (Å²) in [6.07, 6.45) is -9.01. The van der Waals surface area contributed by atoms with Crippen LogP contribution in [-0.2, 0) is 14.6 Å². The number of carbonyl (C=O) groups excluding carboxylic acids is 2. The number of nitrogen functional groups attached to an aromatic ring is 1. The Labute approximate surface area is 214 Å². The topological polar surface area (TPSA) is 118 Å². The number of rotatable bonds is 6. The summed E-state index contributed by atoms with van der Waals surface area (Å²) in [6, 6.07) is 12.0. The molecule has 37 heavy (non-hydrogen) atoms. The summed E-state index contributed by atoms with van der Waals surface area (Å²) in [4.78, 5) is 20.5. The van der Waals surface area contributed by atoms with Crippen LogP contribution in [0, 0.1) is 5.41 Å². The van der Waals surface area contributed by atoms with Gasteiger partial charge in [-0.1, -0.05) is 30.3 Å². The number of thiophene rings is 1. The van der Waals surface area contributed by atoms with E-state index in [9.17, 15) is 39.6 Å². The van der Waals surface area contributed by atoms with Gasteiger partial charge in [0.05, 0.1) is 18.9 Å². The zero-order valence-electron chi connectivity index (χ0n) is 18.5. The number of Topliss-reactive ketones (excluding diaryl/α,β-unsaturated/α-hetero) is 1. The molecule has 3 aromatic rings.